The van der Waals surface area contributed by atoms with Crippen molar-refractivity contribution in [1.82, 2.24) is 0 Å². The molecule has 0 unspecified atom stereocenters. The van der Waals surface area contributed by atoms with Gasteiger partial charge in [0.05, 0.1) is 5.39 Å². The van der Waals surface area contributed by atoms with E-state index in [1.54, 1.807) is 0 Å². The van der Waals surface area contributed by atoms with Crippen LogP contribution in [0.5, 0.6) is 11.5 Å². The Balaban J connectivity index is 0.000000209. The maximum atomic E-state index is 9.87. The van der Waals surface area contributed by atoms with Crippen LogP contribution < -0.4 is 13.9 Å². The first-order valence-electron chi connectivity index (χ1n) is 6.56. The molecule has 1 aliphatic rings. The van der Waals surface area contributed by atoms with Crippen molar-refractivity contribution in [3.8, 4) is 11.5 Å². The molecule has 0 atom stereocenters. The second-order valence-corrected chi connectivity index (χ2v) is 6.98. The van der Waals surface area contributed by atoms with Gasteiger partial charge in [0.15, 0.2) is 23.9 Å². The standard InChI is InChI=1S/C14H10NO2.F6P/c1-2-6-15-8-10-4-5-13-14(17-9-16-13)12(10)7-11(15)3-1;1-7(2,3,4,5)6/h1-8H,9H2;/q+1;-1. The van der Waals surface area contributed by atoms with E-state index in [1.165, 1.54) is 0 Å². The number of nitrogens with zero attached hydrogens (tertiary/aromatic N) is 1. The van der Waals surface area contributed by atoms with Gasteiger partial charge in [0.25, 0.3) is 0 Å². The Morgan fingerprint density at radius 2 is 1.62 bits per heavy atom. The SMILES string of the molecule is F[P-](F)(F)(F)(F)F.c1cc[n+]2cc3ccc4c(c3cc2c1)OCO4. The zero-order chi connectivity index (χ0) is 17.7. The average molecular weight is 369 g/mol. The molecule has 4 rings (SSSR count). The molecule has 3 heterocycles. The molecule has 0 fully saturated rings. The van der Waals surface area contributed by atoms with E-state index in [0.717, 1.165) is 27.8 Å². The summed E-state index contributed by atoms with van der Waals surface area (Å²) in [4.78, 5) is 0. The van der Waals surface area contributed by atoms with Gasteiger partial charge in [-0.15, -0.1) is 0 Å². The number of hydrogen-bond donors (Lipinski definition) is 0. The average Bonchev–Trinajstić information content (AvgIpc) is 2.90. The minimum atomic E-state index is -10.7. The van der Waals surface area contributed by atoms with E-state index < -0.39 is 7.81 Å². The summed E-state index contributed by atoms with van der Waals surface area (Å²) in [6, 6.07) is 12.3. The number of hydrogen-bond acceptors (Lipinski definition) is 2. The first-order valence-corrected chi connectivity index (χ1v) is 8.58. The predicted molar refractivity (Wildman–Crippen MR) is 76.8 cm³/mol. The monoisotopic (exact) mass is 369 g/mol. The Labute approximate surface area is 131 Å². The topological polar surface area (TPSA) is 22.6 Å². The number of pyridine rings is 2. The number of rotatable bonds is 0. The first-order chi connectivity index (χ1) is 10.9. The normalized spacial score (nSPS) is 16.2. The van der Waals surface area contributed by atoms with Gasteiger partial charge in [-0.25, -0.2) is 0 Å². The van der Waals surface area contributed by atoms with Gasteiger partial charge in [-0.2, -0.15) is 4.40 Å². The van der Waals surface area contributed by atoms with Crippen LogP contribution in [0.2, 0.25) is 0 Å². The Kier molecular flexibility index (Phi) is 3.20. The smallest absolute Gasteiger partial charge is 0.231 e. The molecule has 3 aromatic rings. The van der Waals surface area contributed by atoms with Gasteiger partial charge in [-0.1, -0.05) is 0 Å². The molecule has 0 saturated heterocycles. The number of halogens is 6. The van der Waals surface area contributed by atoms with Crippen LogP contribution in [0.15, 0.2) is 48.8 Å². The fraction of sp³-hybridized carbons (Fsp3) is 0.0714. The van der Waals surface area contributed by atoms with E-state index in [0.29, 0.717) is 6.79 Å². The van der Waals surface area contributed by atoms with Crippen LogP contribution in [-0.2, 0) is 0 Å². The number of fused-ring (bicyclic) bond motifs is 4. The van der Waals surface area contributed by atoms with E-state index in [2.05, 4.69) is 28.8 Å². The third-order valence-electron chi connectivity index (χ3n) is 3.10. The molecular weight excluding hydrogens is 359 g/mol. The van der Waals surface area contributed by atoms with Gasteiger partial charge in [0, 0.05) is 23.6 Å². The second-order valence-electron chi connectivity index (χ2n) is 5.07. The van der Waals surface area contributed by atoms with Crippen LogP contribution in [-0.4, -0.2) is 6.79 Å². The molecule has 24 heavy (non-hydrogen) atoms. The molecule has 0 bridgehead atoms. The first kappa shape index (κ1) is 16.6. The van der Waals surface area contributed by atoms with Gasteiger partial charge in [-0.3, -0.25) is 0 Å². The molecule has 0 amide bonds. The second kappa shape index (κ2) is 4.63. The van der Waals surface area contributed by atoms with Gasteiger partial charge in [-0.05, 0) is 18.2 Å². The van der Waals surface area contributed by atoms with Gasteiger partial charge in [0.2, 0.25) is 12.3 Å². The van der Waals surface area contributed by atoms with E-state index in [-0.39, 0.29) is 0 Å². The molecule has 130 valence electrons. The number of benzene rings is 1. The zero-order valence-electron chi connectivity index (χ0n) is 11.8. The van der Waals surface area contributed by atoms with E-state index in [1.807, 2.05) is 24.4 Å². The maximum absolute atomic E-state index is 10.7. The molecule has 0 radical (unpaired) electrons. The van der Waals surface area contributed by atoms with Gasteiger partial charge < -0.3 is 9.47 Å². The van der Waals surface area contributed by atoms with E-state index >= 15 is 0 Å². The van der Waals surface area contributed by atoms with Crippen molar-refractivity contribution in [3.05, 3.63) is 48.8 Å². The maximum Gasteiger partial charge on any atom is 0.231 e. The van der Waals surface area contributed by atoms with Gasteiger partial charge in [0.1, 0.15) is 0 Å². The molecule has 1 aromatic carbocycles. The molecular formula is C14H10F6NO2P. The molecule has 10 heteroatoms. The van der Waals surface area contributed by atoms with Crippen LogP contribution in [0.1, 0.15) is 0 Å². The van der Waals surface area contributed by atoms with Crippen LogP contribution >= 0.6 is 7.81 Å². The molecule has 0 spiro atoms. The van der Waals surface area contributed by atoms with Crippen LogP contribution in [0.25, 0.3) is 16.3 Å². The fourth-order valence-corrected chi connectivity index (χ4v) is 2.28. The summed E-state index contributed by atoms with van der Waals surface area (Å²) in [5, 5.41) is 2.25. The summed E-state index contributed by atoms with van der Waals surface area (Å²) >= 11 is 0. The quantitative estimate of drug-likeness (QED) is 0.220. The summed E-state index contributed by atoms with van der Waals surface area (Å²) in [6.45, 7) is 0.314. The van der Waals surface area contributed by atoms with Crippen molar-refractivity contribution in [1.29, 1.82) is 0 Å². The largest absolute Gasteiger partial charge is 0.454 e. The van der Waals surface area contributed by atoms with Crippen molar-refractivity contribution >= 4 is 24.1 Å². The predicted octanol–water partition coefficient (Wildman–Crippen LogP) is 5.69. The Morgan fingerprint density at radius 3 is 2.33 bits per heavy atom. The van der Waals surface area contributed by atoms with Crippen molar-refractivity contribution in [3.63, 3.8) is 0 Å². The molecule has 0 N–H and O–H groups in total. The van der Waals surface area contributed by atoms with E-state index in [4.69, 9.17) is 9.47 Å². The van der Waals surface area contributed by atoms with Crippen LogP contribution in [0.3, 0.4) is 0 Å². The molecule has 0 saturated carbocycles. The van der Waals surface area contributed by atoms with Crippen molar-refractivity contribution < 1.29 is 39.1 Å². The van der Waals surface area contributed by atoms with Crippen LogP contribution in [0.4, 0.5) is 25.2 Å². The van der Waals surface area contributed by atoms with E-state index in [9.17, 15) is 25.2 Å². The van der Waals surface area contributed by atoms with Crippen molar-refractivity contribution in [2.24, 2.45) is 0 Å². The summed E-state index contributed by atoms with van der Waals surface area (Å²) in [6.07, 6.45) is 4.14. The number of aromatic nitrogens is 1. The minimum Gasteiger partial charge on any atom is -0.454 e. The zero-order valence-corrected chi connectivity index (χ0v) is 12.7. The number of ether oxygens (including phenoxy) is 2. The molecule has 3 nitrogen and oxygen atoms in total. The van der Waals surface area contributed by atoms with Crippen molar-refractivity contribution in [2.45, 2.75) is 0 Å². The fourth-order valence-electron chi connectivity index (χ4n) is 2.28. The Bertz CT molecular complexity index is 931. The third-order valence-corrected chi connectivity index (χ3v) is 3.10. The minimum absolute atomic E-state index is 0.314. The van der Waals surface area contributed by atoms with Crippen LogP contribution in [0, 0.1) is 0 Å². The third kappa shape index (κ3) is 4.38. The van der Waals surface area contributed by atoms with Crippen molar-refractivity contribution in [2.75, 3.05) is 6.79 Å². The molecule has 1 aliphatic heterocycles. The Hall–Kier alpha value is -2.28. The molecule has 2 aromatic heterocycles. The summed E-state index contributed by atoms with van der Waals surface area (Å²) in [5.74, 6) is 1.69. The Morgan fingerprint density at radius 1 is 0.917 bits per heavy atom. The molecule has 0 aliphatic carbocycles. The van der Waals surface area contributed by atoms with Gasteiger partial charge >= 0.3 is 33.0 Å². The summed E-state index contributed by atoms with van der Waals surface area (Å²) in [7, 11) is -10.7. The summed E-state index contributed by atoms with van der Waals surface area (Å²) in [5.41, 5.74) is 1.14. The summed E-state index contributed by atoms with van der Waals surface area (Å²) < 4.78 is 72.2.